The molecule has 43 heavy (non-hydrogen) atoms. The average molecular weight is 597 g/mol. The molecule has 2 aromatic carbocycles. The lowest BCUT2D eigenvalue weighted by Gasteiger charge is -2.41. The van der Waals surface area contributed by atoms with Crippen LogP contribution in [0.2, 0.25) is 0 Å². The first kappa shape index (κ1) is 31.9. The van der Waals surface area contributed by atoms with Gasteiger partial charge in [0.2, 0.25) is 11.8 Å². The average Bonchev–Trinajstić information content (AvgIpc) is 3.42. The summed E-state index contributed by atoms with van der Waals surface area (Å²) in [7, 11) is 4.60. The van der Waals surface area contributed by atoms with Crippen molar-refractivity contribution in [2.75, 3.05) is 41.0 Å². The summed E-state index contributed by atoms with van der Waals surface area (Å²) >= 11 is 0. The highest BCUT2D eigenvalue weighted by Gasteiger charge is 2.51. The van der Waals surface area contributed by atoms with E-state index in [1.54, 1.807) is 55.5 Å². The molecule has 1 aliphatic heterocycles. The smallest absolute Gasteiger partial charge is 0.247 e. The van der Waals surface area contributed by atoms with Gasteiger partial charge in [-0.1, -0.05) is 6.08 Å². The molecule has 4 unspecified atom stereocenters. The van der Waals surface area contributed by atoms with Crippen LogP contribution in [0.3, 0.4) is 0 Å². The Morgan fingerprint density at radius 3 is 2.51 bits per heavy atom. The molecule has 0 saturated carbocycles. The highest BCUT2D eigenvalue weighted by Crippen LogP contribution is 2.51. The molecule has 0 saturated heterocycles. The normalized spacial score (nSPS) is 20.2. The molecular weight excluding hydrogens is 556 g/mol. The molecule has 2 aliphatic rings. The van der Waals surface area contributed by atoms with Gasteiger partial charge < -0.3 is 44.5 Å². The summed E-state index contributed by atoms with van der Waals surface area (Å²) in [6, 6.07) is 7.87. The molecule has 0 radical (unpaired) electrons. The molecule has 4 rings (SSSR count). The fraction of sp³-hybridized carbons (Fsp3) is 0.438. The van der Waals surface area contributed by atoms with E-state index in [0.717, 1.165) is 5.56 Å². The molecule has 0 aromatic heterocycles. The van der Waals surface area contributed by atoms with Crippen molar-refractivity contribution < 1.29 is 43.9 Å². The summed E-state index contributed by atoms with van der Waals surface area (Å²) in [6.45, 7) is 3.43. The van der Waals surface area contributed by atoms with E-state index in [1.807, 2.05) is 6.07 Å². The highest BCUT2D eigenvalue weighted by atomic mass is 16.5. The fourth-order valence-corrected chi connectivity index (χ4v) is 5.75. The summed E-state index contributed by atoms with van der Waals surface area (Å²) < 4.78 is 22.7. The topological polar surface area (TPSA) is 147 Å². The van der Waals surface area contributed by atoms with Crippen LogP contribution in [0.25, 0.3) is 0 Å². The second-order valence-electron chi connectivity index (χ2n) is 10.4. The first-order valence-corrected chi connectivity index (χ1v) is 14.2. The Morgan fingerprint density at radius 2 is 1.86 bits per heavy atom. The molecular formula is C32H40N2O9. The predicted octanol–water partition coefficient (Wildman–Crippen LogP) is 1.86. The third-order valence-corrected chi connectivity index (χ3v) is 7.85. The maximum Gasteiger partial charge on any atom is 0.247 e. The lowest BCUT2D eigenvalue weighted by molar-refractivity contribution is -0.137. The predicted molar refractivity (Wildman–Crippen MR) is 158 cm³/mol. The zero-order valence-corrected chi connectivity index (χ0v) is 24.7. The van der Waals surface area contributed by atoms with E-state index < -0.39 is 30.1 Å². The van der Waals surface area contributed by atoms with Crippen LogP contribution < -0.4 is 24.3 Å². The molecule has 4 atom stereocenters. The van der Waals surface area contributed by atoms with Gasteiger partial charge in [-0.05, 0) is 60.4 Å². The van der Waals surface area contributed by atoms with Crippen molar-refractivity contribution >= 4 is 11.8 Å². The van der Waals surface area contributed by atoms with Crippen LogP contribution in [0.15, 0.2) is 54.6 Å². The first-order chi connectivity index (χ1) is 20.8. The zero-order valence-electron chi connectivity index (χ0n) is 24.7. The molecule has 0 spiro atoms. The van der Waals surface area contributed by atoms with Gasteiger partial charge in [-0.25, -0.2) is 0 Å². The molecule has 0 fully saturated rings. The van der Waals surface area contributed by atoms with E-state index in [-0.39, 0.29) is 44.2 Å². The molecule has 232 valence electrons. The number of amides is 2. The molecule has 11 heteroatoms. The van der Waals surface area contributed by atoms with Crippen molar-refractivity contribution in [2.24, 2.45) is 0 Å². The molecule has 1 heterocycles. The largest absolute Gasteiger partial charge is 0.497 e. The molecule has 0 bridgehead atoms. The summed E-state index contributed by atoms with van der Waals surface area (Å²) in [4.78, 5) is 28.7. The van der Waals surface area contributed by atoms with Crippen molar-refractivity contribution in [3.05, 3.63) is 71.3 Å². The van der Waals surface area contributed by atoms with Gasteiger partial charge in [-0.2, -0.15) is 0 Å². The third kappa shape index (κ3) is 6.64. The number of carbonyl (C=O) groups excluding carboxylic acids is 2. The van der Waals surface area contributed by atoms with Crippen LogP contribution in [0.5, 0.6) is 23.0 Å². The first-order valence-electron chi connectivity index (χ1n) is 14.2. The van der Waals surface area contributed by atoms with Crippen molar-refractivity contribution in [3.8, 4) is 23.0 Å². The highest BCUT2D eigenvalue weighted by molar-refractivity contribution is 5.96. The van der Waals surface area contributed by atoms with E-state index in [0.29, 0.717) is 47.0 Å². The standard InChI is InChI=1S/C32H40N2O9/c1-5-6-7-27(37)34(12-10-20-16-21(40-2)8-9-25(20)41-3)24-17-23(32(39)33-11-13-35)28-22-14-19(18-36)15-26(42-4)30(22)43-31(28)29(24)38/h5,8-9,14-17,24,28-29,31,35-36,38H,1,6-7,10-13,18H2,2-4H3,(H,33,39). The monoisotopic (exact) mass is 596 g/mol. The minimum Gasteiger partial charge on any atom is -0.497 e. The summed E-state index contributed by atoms with van der Waals surface area (Å²) in [5, 5.41) is 33.7. The summed E-state index contributed by atoms with van der Waals surface area (Å²) in [5.41, 5.74) is 2.23. The van der Waals surface area contributed by atoms with Crippen LogP contribution in [0.4, 0.5) is 0 Å². The van der Waals surface area contributed by atoms with Crippen LogP contribution in [-0.2, 0) is 22.6 Å². The van der Waals surface area contributed by atoms with Gasteiger partial charge in [0.05, 0.1) is 46.5 Å². The lowest BCUT2D eigenvalue weighted by Crippen LogP contribution is -2.56. The van der Waals surface area contributed by atoms with Crippen molar-refractivity contribution in [1.29, 1.82) is 0 Å². The van der Waals surface area contributed by atoms with E-state index in [4.69, 9.17) is 18.9 Å². The Kier molecular flexibility index (Phi) is 10.7. The molecule has 2 aromatic rings. The maximum atomic E-state index is 13.6. The van der Waals surface area contributed by atoms with E-state index in [2.05, 4.69) is 11.9 Å². The van der Waals surface area contributed by atoms with E-state index in [9.17, 15) is 24.9 Å². The van der Waals surface area contributed by atoms with Gasteiger partial charge in [0.15, 0.2) is 11.5 Å². The SMILES string of the molecule is C=CCCC(=O)N(CCc1cc(OC)ccc1OC)C1C=C(C(=O)NCCO)C2c3cc(CO)cc(OC)c3OC2C1O. The number of hydrogen-bond donors (Lipinski definition) is 4. The number of aliphatic hydroxyl groups is 3. The van der Waals surface area contributed by atoms with Gasteiger partial charge in [0.1, 0.15) is 23.7 Å². The van der Waals surface area contributed by atoms with Gasteiger partial charge in [0, 0.05) is 30.6 Å². The Bertz CT molecular complexity index is 1360. The molecule has 11 nitrogen and oxygen atoms in total. The van der Waals surface area contributed by atoms with Crippen LogP contribution in [0.1, 0.15) is 35.4 Å². The Morgan fingerprint density at radius 1 is 1.09 bits per heavy atom. The summed E-state index contributed by atoms with van der Waals surface area (Å²) in [5.74, 6) is 0.593. The van der Waals surface area contributed by atoms with Crippen molar-refractivity contribution in [2.45, 2.75) is 50.0 Å². The number of rotatable bonds is 14. The van der Waals surface area contributed by atoms with Gasteiger partial charge in [0.25, 0.3) is 0 Å². The second-order valence-corrected chi connectivity index (χ2v) is 10.4. The minimum atomic E-state index is -1.21. The lowest BCUT2D eigenvalue weighted by atomic mass is 9.77. The minimum absolute atomic E-state index is 0.0199. The van der Waals surface area contributed by atoms with Gasteiger partial charge >= 0.3 is 0 Å². The number of fused-ring (bicyclic) bond motifs is 3. The molecule has 4 N–H and O–H groups in total. The van der Waals surface area contributed by atoms with E-state index >= 15 is 0 Å². The van der Waals surface area contributed by atoms with Crippen molar-refractivity contribution in [1.82, 2.24) is 10.2 Å². The number of nitrogens with one attached hydrogen (secondary N) is 1. The molecule has 1 aliphatic carbocycles. The van der Waals surface area contributed by atoms with E-state index in [1.165, 1.54) is 7.11 Å². The Hall–Kier alpha value is -4.06. The maximum absolute atomic E-state index is 13.6. The Labute approximate surface area is 251 Å². The van der Waals surface area contributed by atoms with Crippen LogP contribution in [-0.4, -0.2) is 91.3 Å². The third-order valence-electron chi connectivity index (χ3n) is 7.85. The molecule has 2 amide bonds. The number of methoxy groups -OCH3 is 3. The number of nitrogens with zero attached hydrogens (tertiary/aromatic N) is 1. The Balaban J connectivity index is 1.77. The zero-order chi connectivity index (χ0) is 31.1. The fourth-order valence-electron chi connectivity index (χ4n) is 5.75. The number of hydrogen-bond acceptors (Lipinski definition) is 9. The van der Waals surface area contributed by atoms with Crippen LogP contribution >= 0.6 is 0 Å². The number of benzene rings is 2. The van der Waals surface area contributed by atoms with Crippen LogP contribution in [0, 0.1) is 0 Å². The van der Waals surface area contributed by atoms with Gasteiger partial charge in [-0.3, -0.25) is 9.59 Å². The van der Waals surface area contributed by atoms with Gasteiger partial charge in [-0.15, -0.1) is 6.58 Å². The number of aliphatic hydroxyl groups excluding tert-OH is 3. The number of ether oxygens (including phenoxy) is 4. The number of allylic oxidation sites excluding steroid dienone is 1. The number of carbonyl (C=O) groups is 2. The van der Waals surface area contributed by atoms with Crippen molar-refractivity contribution in [3.63, 3.8) is 0 Å². The summed E-state index contributed by atoms with van der Waals surface area (Å²) in [6.07, 6.45) is 2.10. The second kappa shape index (κ2) is 14.4. The quantitative estimate of drug-likeness (QED) is 0.240.